The molecule has 4 atom stereocenters. The molecule has 0 bridgehead atoms. The Balaban J connectivity index is 1.64. The third kappa shape index (κ3) is 2.64. The number of rotatable bonds is 3. The maximum absolute atomic E-state index is 6.53. The van der Waals surface area contributed by atoms with E-state index in [4.69, 9.17) is 10.5 Å². The minimum Gasteiger partial charge on any atom is -0.488 e. The summed E-state index contributed by atoms with van der Waals surface area (Å²) in [6, 6.07) is 8.56. The first-order valence-corrected chi connectivity index (χ1v) is 7.78. The number of benzene rings is 1. The molecular weight excluding hydrogens is 234 g/mol. The first-order chi connectivity index (χ1) is 9.28. The monoisotopic (exact) mass is 259 g/mol. The van der Waals surface area contributed by atoms with E-state index in [1.54, 1.807) is 0 Å². The Morgan fingerprint density at radius 3 is 2.95 bits per heavy atom. The Labute approximate surface area is 116 Å². The van der Waals surface area contributed by atoms with Crippen molar-refractivity contribution in [1.82, 2.24) is 0 Å². The maximum Gasteiger partial charge on any atom is 0.123 e. The highest BCUT2D eigenvalue weighted by atomic mass is 16.5. The lowest BCUT2D eigenvalue weighted by Gasteiger charge is -2.34. The zero-order valence-electron chi connectivity index (χ0n) is 11.8. The number of hydrogen-bond donors (Lipinski definition) is 1. The van der Waals surface area contributed by atoms with Crippen LogP contribution in [0.2, 0.25) is 0 Å². The zero-order chi connectivity index (χ0) is 13.2. The van der Waals surface area contributed by atoms with E-state index in [9.17, 15) is 0 Å². The van der Waals surface area contributed by atoms with Gasteiger partial charge in [0, 0.05) is 12.5 Å². The molecule has 0 radical (unpaired) electrons. The fraction of sp³-hybridized carbons (Fsp3) is 0.647. The van der Waals surface area contributed by atoms with Gasteiger partial charge in [0.05, 0.1) is 0 Å². The van der Waals surface area contributed by atoms with Gasteiger partial charge < -0.3 is 10.5 Å². The Morgan fingerprint density at radius 1 is 1.32 bits per heavy atom. The van der Waals surface area contributed by atoms with Gasteiger partial charge in [-0.25, -0.2) is 0 Å². The highest BCUT2D eigenvalue weighted by molar-refractivity contribution is 5.37. The summed E-state index contributed by atoms with van der Waals surface area (Å²) in [4.78, 5) is 0. The molecule has 4 unspecified atom stereocenters. The molecule has 1 aromatic rings. The molecule has 1 fully saturated rings. The van der Waals surface area contributed by atoms with Gasteiger partial charge in [-0.05, 0) is 36.3 Å². The summed E-state index contributed by atoms with van der Waals surface area (Å²) < 4.78 is 6.07. The van der Waals surface area contributed by atoms with Gasteiger partial charge in [0.15, 0.2) is 0 Å². The molecule has 2 N–H and O–H groups in total. The number of hydrogen-bond acceptors (Lipinski definition) is 2. The predicted octanol–water partition coefficient (Wildman–Crippen LogP) is 3.53. The molecule has 104 valence electrons. The lowest BCUT2D eigenvalue weighted by atomic mass is 9.75. The van der Waals surface area contributed by atoms with E-state index in [-0.39, 0.29) is 12.1 Å². The summed E-state index contributed by atoms with van der Waals surface area (Å²) in [5.74, 6) is 2.58. The number of ether oxygens (including phenoxy) is 1. The van der Waals surface area contributed by atoms with Crippen molar-refractivity contribution in [2.75, 3.05) is 0 Å². The molecule has 0 spiro atoms. The van der Waals surface area contributed by atoms with E-state index < -0.39 is 0 Å². The van der Waals surface area contributed by atoms with Crippen LogP contribution < -0.4 is 10.5 Å². The summed E-state index contributed by atoms with van der Waals surface area (Å²) in [5.41, 5.74) is 7.85. The summed E-state index contributed by atoms with van der Waals surface area (Å²) >= 11 is 0. The van der Waals surface area contributed by atoms with Crippen molar-refractivity contribution in [3.8, 4) is 5.75 Å². The van der Waals surface area contributed by atoms with Crippen molar-refractivity contribution < 1.29 is 4.74 Å². The SMILES string of the molecule is CCC1CCCC(C(N)C2Cc3ccccc3O2)C1. The third-order valence-corrected chi connectivity index (χ3v) is 5.05. The fourth-order valence-electron chi connectivity index (χ4n) is 3.78. The fourth-order valence-corrected chi connectivity index (χ4v) is 3.78. The summed E-state index contributed by atoms with van der Waals surface area (Å²) in [5, 5.41) is 0. The Bertz CT molecular complexity index is 406. The second-order valence-electron chi connectivity index (χ2n) is 6.25. The van der Waals surface area contributed by atoms with Crippen LogP contribution in [0.15, 0.2) is 24.3 Å². The van der Waals surface area contributed by atoms with E-state index in [1.165, 1.54) is 37.7 Å². The molecule has 0 amide bonds. The van der Waals surface area contributed by atoms with Crippen molar-refractivity contribution in [3.05, 3.63) is 29.8 Å². The van der Waals surface area contributed by atoms with Gasteiger partial charge >= 0.3 is 0 Å². The molecule has 2 heteroatoms. The zero-order valence-corrected chi connectivity index (χ0v) is 11.8. The quantitative estimate of drug-likeness (QED) is 0.901. The van der Waals surface area contributed by atoms with Crippen LogP contribution in [-0.4, -0.2) is 12.1 Å². The molecule has 0 aromatic heterocycles. The first-order valence-electron chi connectivity index (χ1n) is 7.78. The average Bonchev–Trinajstić information content (AvgIpc) is 2.90. The van der Waals surface area contributed by atoms with Crippen LogP contribution in [-0.2, 0) is 6.42 Å². The average molecular weight is 259 g/mol. The van der Waals surface area contributed by atoms with Crippen LogP contribution in [0, 0.1) is 11.8 Å². The predicted molar refractivity (Wildman–Crippen MR) is 78.3 cm³/mol. The Hall–Kier alpha value is -1.02. The minimum absolute atomic E-state index is 0.193. The molecule has 19 heavy (non-hydrogen) atoms. The molecule has 1 aliphatic carbocycles. The Morgan fingerprint density at radius 2 is 2.16 bits per heavy atom. The van der Waals surface area contributed by atoms with Crippen LogP contribution >= 0.6 is 0 Å². The molecule has 3 rings (SSSR count). The van der Waals surface area contributed by atoms with E-state index in [0.29, 0.717) is 5.92 Å². The van der Waals surface area contributed by atoms with Crippen LogP contribution in [0.1, 0.15) is 44.6 Å². The number of nitrogens with two attached hydrogens (primary N) is 1. The standard InChI is InChI=1S/C17H25NO/c1-2-12-6-5-8-14(10-12)17(18)16-11-13-7-3-4-9-15(13)19-16/h3-4,7,9,12,14,16-17H,2,5-6,8,10-11,18H2,1H3. The lowest BCUT2D eigenvalue weighted by molar-refractivity contribution is 0.128. The van der Waals surface area contributed by atoms with Crippen LogP contribution in [0.5, 0.6) is 5.75 Å². The molecule has 2 nitrogen and oxygen atoms in total. The van der Waals surface area contributed by atoms with Crippen molar-refractivity contribution in [1.29, 1.82) is 0 Å². The van der Waals surface area contributed by atoms with Gasteiger partial charge in [0.2, 0.25) is 0 Å². The largest absolute Gasteiger partial charge is 0.488 e. The van der Waals surface area contributed by atoms with Gasteiger partial charge in [0.1, 0.15) is 11.9 Å². The third-order valence-electron chi connectivity index (χ3n) is 5.05. The van der Waals surface area contributed by atoms with Crippen LogP contribution in [0.4, 0.5) is 0 Å². The van der Waals surface area contributed by atoms with Crippen molar-refractivity contribution in [2.45, 2.75) is 57.6 Å². The van der Waals surface area contributed by atoms with E-state index in [0.717, 1.165) is 18.1 Å². The summed E-state index contributed by atoms with van der Waals surface area (Å²) in [7, 11) is 0. The van der Waals surface area contributed by atoms with Crippen molar-refractivity contribution in [2.24, 2.45) is 17.6 Å². The molecule has 2 aliphatic rings. The Kier molecular flexibility index (Phi) is 3.79. The van der Waals surface area contributed by atoms with Gasteiger partial charge in [-0.2, -0.15) is 0 Å². The van der Waals surface area contributed by atoms with E-state index >= 15 is 0 Å². The molecule has 1 saturated carbocycles. The van der Waals surface area contributed by atoms with E-state index in [1.807, 2.05) is 6.07 Å². The smallest absolute Gasteiger partial charge is 0.123 e. The highest BCUT2D eigenvalue weighted by Crippen LogP contribution is 2.36. The van der Waals surface area contributed by atoms with Crippen LogP contribution in [0.3, 0.4) is 0 Å². The summed E-state index contributed by atoms with van der Waals surface area (Å²) in [6.45, 7) is 2.31. The number of fused-ring (bicyclic) bond motifs is 1. The van der Waals surface area contributed by atoms with Crippen molar-refractivity contribution in [3.63, 3.8) is 0 Å². The first kappa shape index (κ1) is 13.0. The van der Waals surface area contributed by atoms with Gasteiger partial charge in [-0.15, -0.1) is 0 Å². The highest BCUT2D eigenvalue weighted by Gasteiger charge is 2.35. The molecular formula is C17H25NO. The maximum atomic E-state index is 6.53. The lowest BCUT2D eigenvalue weighted by Crippen LogP contribution is -2.45. The van der Waals surface area contributed by atoms with E-state index in [2.05, 4.69) is 25.1 Å². The molecule has 0 saturated heterocycles. The van der Waals surface area contributed by atoms with Gasteiger partial charge in [-0.1, -0.05) is 44.4 Å². The molecule has 1 aliphatic heterocycles. The second kappa shape index (κ2) is 5.54. The second-order valence-corrected chi connectivity index (χ2v) is 6.25. The molecule has 1 heterocycles. The minimum atomic E-state index is 0.193. The van der Waals surface area contributed by atoms with Crippen LogP contribution in [0.25, 0.3) is 0 Å². The number of para-hydroxylation sites is 1. The normalized spacial score (nSPS) is 31.6. The molecule has 1 aromatic carbocycles. The van der Waals surface area contributed by atoms with Crippen molar-refractivity contribution >= 4 is 0 Å². The van der Waals surface area contributed by atoms with Gasteiger partial charge in [-0.3, -0.25) is 0 Å². The topological polar surface area (TPSA) is 35.2 Å². The summed E-state index contributed by atoms with van der Waals surface area (Å²) in [6.07, 6.45) is 7.81. The van der Waals surface area contributed by atoms with Gasteiger partial charge in [0.25, 0.3) is 0 Å².